The number of hydrogen-bond donors (Lipinski definition) is 5. The van der Waals surface area contributed by atoms with Crippen molar-refractivity contribution in [2.45, 2.75) is 25.6 Å². The summed E-state index contributed by atoms with van der Waals surface area (Å²) in [7, 11) is 0. The maximum atomic E-state index is 11.5. The van der Waals surface area contributed by atoms with Gasteiger partial charge in [-0.05, 0) is 5.92 Å². The van der Waals surface area contributed by atoms with Crippen molar-refractivity contribution in [3.05, 3.63) is 0 Å². The lowest BCUT2D eigenvalue weighted by atomic mass is 9.83. The Morgan fingerprint density at radius 3 is 2.43 bits per heavy atom. The first-order chi connectivity index (χ1) is 6.45. The second-order valence-corrected chi connectivity index (χ2v) is 3.47. The Morgan fingerprint density at radius 2 is 2.07 bits per heavy atom. The van der Waals surface area contributed by atoms with Gasteiger partial charge in [0.25, 0.3) is 5.91 Å². The number of imide groups is 1. The number of aliphatic hydroxyl groups excluding tert-OH is 1. The smallest absolute Gasteiger partial charge is 0.323 e. The van der Waals surface area contributed by atoms with E-state index in [1.54, 1.807) is 19.3 Å². The molecule has 1 rings (SSSR count). The topological polar surface area (TPSA) is 111 Å². The summed E-state index contributed by atoms with van der Waals surface area (Å²) in [5.74, 6) is -1.16. The Labute approximate surface area is 80.4 Å². The number of aliphatic hydroxyl groups is 1. The molecule has 0 aliphatic carbocycles. The van der Waals surface area contributed by atoms with Crippen LogP contribution >= 0.6 is 0 Å². The summed E-state index contributed by atoms with van der Waals surface area (Å²) >= 11 is 0. The summed E-state index contributed by atoms with van der Waals surface area (Å²) < 4.78 is 0. The molecule has 3 amide bonds. The Morgan fingerprint density at radius 1 is 1.50 bits per heavy atom. The third-order valence-corrected chi connectivity index (χ3v) is 2.40. The maximum absolute atomic E-state index is 11.5. The highest BCUT2D eigenvalue weighted by molar-refractivity contribution is 6.02. The molecule has 7 nitrogen and oxygen atoms in total. The van der Waals surface area contributed by atoms with Crippen LogP contribution in [0.1, 0.15) is 13.8 Å². The monoisotopic (exact) mass is 203 g/mol. The maximum Gasteiger partial charge on any atom is 0.323 e. The zero-order valence-electron chi connectivity index (χ0n) is 7.87. The van der Waals surface area contributed by atoms with Crippen LogP contribution in [0.5, 0.6) is 0 Å². The molecule has 14 heavy (non-hydrogen) atoms. The van der Waals surface area contributed by atoms with Crippen LogP contribution < -0.4 is 16.1 Å². The molecular weight excluding hydrogens is 190 g/mol. The van der Waals surface area contributed by atoms with Crippen LogP contribution in [0, 0.1) is 5.92 Å². The third-order valence-electron chi connectivity index (χ3n) is 2.40. The van der Waals surface area contributed by atoms with Gasteiger partial charge < -0.3 is 15.6 Å². The predicted molar refractivity (Wildman–Crippen MR) is 45.2 cm³/mol. The predicted octanol–water partition coefficient (Wildman–Crippen LogP) is -1.48. The van der Waals surface area contributed by atoms with E-state index in [4.69, 9.17) is 5.21 Å². The number of urea groups is 1. The van der Waals surface area contributed by atoms with Gasteiger partial charge >= 0.3 is 6.03 Å². The van der Waals surface area contributed by atoms with E-state index in [0.717, 1.165) is 0 Å². The van der Waals surface area contributed by atoms with Crippen LogP contribution in [-0.2, 0) is 4.79 Å². The average Bonchev–Trinajstić information content (AvgIpc) is 2.03. The minimum absolute atomic E-state index is 0.400. The summed E-state index contributed by atoms with van der Waals surface area (Å²) in [6.07, 6.45) is -1.46. The molecule has 1 aliphatic heterocycles. The first-order valence-corrected chi connectivity index (χ1v) is 4.16. The van der Waals surface area contributed by atoms with E-state index < -0.39 is 29.6 Å². The van der Waals surface area contributed by atoms with Gasteiger partial charge in [-0.1, -0.05) is 13.8 Å². The molecule has 7 heteroatoms. The molecule has 0 aromatic rings. The van der Waals surface area contributed by atoms with Crippen LogP contribution in [0.4, 0.5) is 4.79 Å². The van der Waals surface area contributed by atoms with E-state index in [-0.39, 0.29) is 0 Å². The molecule has 5 N–H and O–H groups in total. The number of carbonyl (C=O) groups excluding carboxylic acids is 2. The summed E-state index contributed by atoms with van der Waals surface area (Å²) in [5, 5.41) is 22.5. The van der Waals surface area contributed by atoms with E-state index in [1.165, 1.54) is 0 Å². The van der Waals surface area contributed by atoms with Crippen LogP contribution in [-0.4, -0.2) is 34.0 Å². The van der Waals surface area contributed by atoms with Gasteiger partial charge in [0.1, 0.15) is 0 Å². The van der Waals surface area contributed by atoms with Crippen molar-refractivity contribution in [1.82, 2.24) is 16.1 Å². The molecule has 80 valence electrons. The van der Waals surface area contributed by atoms with Gasteiger partial charge in [-0.3, -0.25) is 10.1 Å². The summed E-state index contributed by atoms with van der Waals surface area (Å²) in [6, 6.07) is -0.783. The van der Waals surface area contributed by atoms with Crippen molar-refractivity contribution in [3.8, 4) is 0 Å². The highest BCUT2D eigenvalue weighted by atomic mass is 16.5. The van der Waals surface area contributed by atoms with E-state index >= 15 is 0 Å². The third kappa shape index (κ3) is 1.35. The highest BCUT2D eigenvalue weighted by Crippen LogP contribution is 2.22. The Hall–Kier alpha value is -1.18. The molecule has 2 unspecified atom stereocenters. The second-order valence-electron chi connectivity index (χ2n) is 3.47. The fourth-order valence-corrected chi connectivity index (χ4v) is 1.42. The fourth-order valence-electron chi connectivity index (χ4n) is 1.42. The van der Waals surface area contributed by atoms with Crippen molar-refractivity contribution in [2.24, 2.45) is 5.92 Å². The summed E-state index contributed by atoms with van der Waals surface area (Å²) in [4.78, 5) is 22.3. The van der Waals surface area contributed by atoms with Crippen molar-refractivity contribution >= 4 is 11.9 Å². The molecule has 1 saturated heterocycles. The Bertz CT molecular complexity index is 268. The molecule has 0 aromatic heterocycles. The van der Waals surface area contributed by atoms with Gasteiger partial charge in [0.05, 0.1) is 0 Å². The Balaban J connectivity index is 3.04. The van der Waals surface area contributed by atoms with Gasteiger partial charge in [0, 0.05) is 0 Å². The molecule has 0 saturated carbocycles. The lowest BCUT2D eigenvalue weighted by Gasteiger charge is -2.41. The van der Waals surface area contributed by atoms with E-state index in [1.807, 2.05) is 5.32 Å². The molecule has 1 heterocycles. The van der Waals surface area contributed by atoms with Gasteiger partial charge in [-0.2, -0.15) is 5.48 Å². The van der Waals surface area contributed by atoms with Crippen LogP contribution in [0.3, 0.4) is 0 Å². The number of hydrogen-bond acceptors (Lipinski definition) is 5. The summed E-state index contributed by atoms with van der Waals surface area (Å²) in [5.41, 5.74) is 0.157. The normalized spacial score (nSPS) is 32.8. The zero-order chi connectivity index (χ0) is 10.9. The van der Waals surface area contributed by atoms with Crippen molar-refractivity contribution in [3.63, 3.8) is 0 Å². The zero-order valence-corrected chi connectivity index (χ0v) is 7.87. The Kier molecular flexibility index (Phi) is 2.74. The standard InChI is InChI=1S/C7H13N3O4/c1-3(2)7(10-14)4(11)8-6(13)9-5(7)12/h3-4,10-11,14H,1-2H3,(H2,8,9,12,13). The molecule has 0 radical (unpaired) electrons. The number of rotatable bonds is 2. The van der Waals surface area contributed by atoms with E-state index in [2.05, 4.69) is 5.32 Å². The molecular formula is C7H13N3O4. The van der Waals surface area contributed by atoms with Gasteiger partial charge in [0.15, 0.2) is 11.8 Å². The number of nitrogens with one attached hydrogen (secondary N) is 3. The molecule has 1 aliphatic rings. The number of hydroxylamine groups is 1. The molecule has 0 aromatic carbocycles. The average molecular weight is 203 g/mol. The molecule has 1 fully saturated rings. The van der Waals surface area contributed by atoms with Crippen LogP contribution in [0.25, 0.3) is 0 Å². The highest BCUT2D eigenvalue weighted by Gasteiger charge is 2.52. The van der Waals surface area contributed by atoms with E-state index in [9.17, 15) is 14.7 Å². The molecule has 0 spiro atoms. The first kappa shape index (κ1) is 10.9. The minimum atomic E-state index is -1.60. The minimum Gasteiger partial charge on any atom is -0.371 e. The number of amides is 3. The molecule has 2 atom stereocenters. The largest absolute Gasteiger partial charge is 0.371 e. The fraction of sp³-hybridized carbons (Fsp3) is 0.714. The SMILES string of the molecule is CC(C)C1(NO)C(=O)NC(=O)NC1O. The lowest BCUT2D eigenvalue weighted by molar-refractivity contribution is -0.148. The quantitative estimate of drug-likeness (QED) is 0.351. The van der Waals surface area contributed by atoms with Crippen LogP contribution in [0.15, 0.2) is 0 Å². The summed E-state index contributed by atoms with van der Waals surface area (Å²) in [6.45, 7) is 3.26. The second kappa shape index (κ2) is 3.52. The van der Waals surface area contributed by atoms with Crippen LogP contribution in [0.2, 0.25) is 0 Å². The van der Waals surface area contributed by atoms with Gasteiger partial charge in [0.2, 0.25) is 0 Å². The molecule has 0 bridgehead atoms. The first-order valence-electron chi connectivity index (χ1n) is 4.16. The van der Waals surface area contributed by atoms with Crippen molar-refractivity contribution in [1.29, 1.82) is 0 Å². The number of carbonyl (C=O) groups is 2. The van der Waals surface area contributed by atoms with Crippen molar-refractivity contribution in [2.75, 3.05) is 0 Å². The van der Waals surface area contributed by atoms with Gasteiger partial charge in [-0.15, -0.1) is 0 Å². The van der Waals surface area contributed by atoms with Crippen molar-refractivity contribution < 1.29 is 19.9 Å². The van der Waals surface area contributed by atoms with E-state index in [0.29, 0.717) is 0 Å². The van der Waals surface area contributed by atoms with Gasteiger partial charge in [-0.25, -0.2) is 4.79 Å². The lowest BCUT2D eigenvalue weighted by Crippen LogP contribution is -2.76.